The summed E-state index contributed by atoms with van der Waals surface area (Å²) in [6.07, 6.45) is 1.31. The summed E-state index contributed by atoms with van der Waals surface area (Å²) in [6, 6.07) is 21.8. The van der Waals surface area contributed by atoms with Crippen LogP contribution in [0.4, 0.5) is 0 Å². The molecule has 0 N–H and O–H groups in total. The lowest BCUT2D eigenvalue weighted by molar-refractivity contribution is 0.157. The molecule has 1 nitrogen and oxygen atoms in total. The molecule has 20 heavy (non-hydrogen) atoms. The summed E-state index contributed by atoms with van der Waals surface area (Å²) in [7, 11) is 0. The first kappa shape index (κ1) is 13.4. The van der Waals surface area contributed by atoms with Crippen LogP contribution >= 0.6 is 0 Å². The van der Waals surface area contributed by atoms with E-state index in [-0.39, 0.29) is 0 Å². The van der Waals surface area contributed by atoms with Crippen LogP contribution in [0.25, 0.3) is 0 Å². The molecular weight excluding hydrogens is 242 g/mol. The topological polar surface area (TPSA) is 3.24 Å². The Morgan fingerprint density at radius 3 is 2.25 bits per heavy atom. The van der Waals surface area contributed by atoms with Gasteiger partial charge in [-0.05, 0) is 29.4 Å². The van der Waals surface area contributed by atoms with Gasteiger partial charge in [0.05, 0.1) is 0 Å². The predicted molar refractivity (Wildman–Crippen MR) is 84.7 cm³/mol. The fourth-order valence-electron chi connectivity index (χ4n) is 3.40. The van der Waals surface area contributed by atoms with Crippen molar-refractivity contribution in [2.45, 2.75) is 25.8 Å². The fraction of sp³-hybridized carbons (Fsp3) is 0.368. The molecule has 0 bridgehead atoms. The molecule has 0 aliphatic carbocycles. The van der Waals surface area contributed by atoms with E-state index < -0.39 is 0 Å². The molecule has 2 aromatic carbocycles. The minimum Gasteiger partial charge on any atom is -0.298 e. The zero-order valence-corrected chi connectivity index (χ0v) is 12.2. The second kappa shape index (κ2) is 6.23. The van der Waals surface area contributed by atoms with E-state index in [0.717, 1.165) is 12.5 Å². The lowest BCUT2D eigenvalue weighted by Crippen LogP contribution is -2.38. The summed E-state index contributed by atoms with van der Waals surface area (Å²) in [5, 5.41) is 0. The fourth-order valence-corrected chi connectivity index (χ4v) is 3.40. The highest BCUT2D eigenvalue weighted by atomic mass is 15.1. The van der Waals surface area contributed by atoms with E-state index in [1.807, 2.05) is 0 Å². The molecule has 3 rings (SSSR count). The number of hydrogen-bond acceptors (Lipinski definition) is 1. The Labute approximate surface area is 122 Å². The Balaban J connectivity index is 1.70. The van der Waals surface area contributed by atoms with Crippen LogP contribution in [0.5, 0.6) is 0 Å². The van der Waals surface area contributed by atoms with Crippen molar-refractivity contribution in [1.82, 2.24) is 4.90 Å². The smallest absolute Gasteiger partial charge is 0.0234 e. The Morgan fingerprint density at radius 2 is 1.55 bits per heavy atom. The van der Waals surface area contributed by atoms with Crippen molar-refractivity contribution in [3.63, 3.8) is 0 Å². The summed E-state index contributed by atoms with van der Waals surface area (Å²) in [5.74, 6) is 1.46. The van der Waals surface area contributed by atoms with Crippen molar-refractivity contribution in [2.75, 3.05) is 13.1 Å². The lowest BCUT2D eigenvalue weighted by Gasteiger charge is -2.36. The van der Waals surface area contributed by atoms with Crippen molar-refractivity contribution in [2.24, 2.45) is 5.92 Å². The first-order chi connectivity index (χ1) is 9.81. The highest BCUT2D eigenvalue weighted by Gasteiger charge is 2.25. The standard InChI is InChI=1S/C19H23N/c1-16-12-19(18-10-6-3-7-11-18)15-20(13-16)14-17-8-4-2-5-9-17/h2-11,16,19H,12-15H2,1H3. The second-order valence-electron chi connectivity index (χ2n) is 6.13. The highest BCUT2D eigenvalue weighted by Crippen LogP contribution is 2.30. The van der Waals surface area contributed by atoms with Crippen molar-refractivity contribution >= 4 is 0 Å². The predicted octanol–water partition coefficient (Wildman–Crippen LogP) is 4.31. The highest BCUT2D eigenvalue weighted by molar-refractivity contribution is 5.21. The molecular formula is C19H23N. The summed E-state index contributed by atoms with van der Waals surface area (Å²) in [6.45, 7) is 5.86. The molecule has 0 aromatic heterocycles. The third-order valence-electron chi connectivity index (χ3n) is 4.26. The Kier molecular flexibility index (Phi) is 4.17. The van der Waals surface area contributed by atoms with Crippen LogP contribution in [0.2, 0.25) is 0 Å². The van der Waals surface area contributed by atoms with Gasteiger partial charge < -0.3 is 0 Å². The lowest BCUT2D eigenvalue weighted by atomic mass is 9.85. The SMILES string of the molecule is CC1CC(c2ccccc2)CN(Cc2ccccc2)C1. The monoisotopic (exact) mass is 265 g/mol. The number of rotatable bonds is 3. The largest absolute Gasteiger partial charge is 0.298 e. The molecule has 1 fully saturated rings. The maximum absolute atomic E-state index is 2.61. The molecule has 1 heterocycles. The van der Waals surface area contributed by atoms with Crippen LogP contribution in [0.1, 0.15) is 30.4 Å². The van der Waals surface area contributed by atoms with Crippen LogP contribution in [-0.4, -0.2) is 18.0 Å². The molecule has 2 aromatic rings. The molecule has 0 amide bonds. The number of nitrogens with zero attached hydrogens (tertiary/aromatic N) is 1. The Hall–Kier alpha value is -1.60. The van der Waals surface area contributed by atoms with Gasteiger partial charge in [-0.1, -0.05) is 67.6 Å². The average Bonchev–Trinajstić information content (AvgIpc) is 2.49. The van der Waals surface area contributed by atoms with E-state index in [4.69, 9.17) is 0 Å². The zero-order chi connectivity index (χ0) is 13.8. The summed E-state index contributed by atoms with van der Waals surface area (Å²) in [5.41, 5.74) is 2.92. The molecule has 1 saturated heterocycles. The van der Waals surface area contributed by atoms with Crippen molar-refractivity contribution < 1.29 is 0 Å². The molecule has 1 aliphatic rings. The van der Waals surface area contributed by atoms with E-state index in [1.165, 1.54) is 30.6 Å². The molecule has 1 heteroatoms. The molecule has 1 aliphatic heterocycles. The molecule has 0 radical (unpaired) electrons. The normalized spacial score (nSPS) is 23.6. The van der Waals surface area contributed by atoms with Gasteiger partial charge in [0.2, 0.25) is 0 Å². The van der Waals surface area contributed by atoms with Crippen molar-refractivity contribution in [3.05, 3.63) is 71.8 Å². The number of hydrogen-bond donors (Lipinski definition) is 0. The van der Waals surface area contributed by atoms with Crippen LogP contribution < -0.4 is 0 Å². The summed E-state index contributed by atoms with van der Waals surface area (Å²) < 4.78 is 0. The van der Waals surface area contributed by atoms with E-state index in [0.29, 0.717) is 5.92 Å². The van der Waals surface area contributed by atoms with Crippen molar-refractivity contribution in [3.8, 4) is 0 Å². The summed E-state index contributed by atoms with van der Waals surface area (Å²) >= 11 is 0. The number of piperidine rings is 1. The average molecular weight is 265 g/mol. The third kappa shape index (κ3) is 3.29. The van der Waals surface area contributed by atoms with Gasteiger partial charge in [0.15, 0.2) is 0 Å². The Bertz CT molecular complexity index is 520. The zero-order valence-electron chi connectivity index (χ0n) is 12.2. The quantitative estimate of drug-likeness (QED) is 0.799. The maximum atomic E-state index is 2.61. The van der Waals surface area contributed by atoms with Crippen LogP contribution in [0.15, 0.2) is 60.7 Å². The first-order valence-corrected chi connectivity index (χ1v) is 7.62. The van der Waals surface area contributed by atoms with E-state index in [1.54, 1.807) is 0 Å². The molecule has 2 unspecified atom stereocenters. The minimum atomic E-state index is 0.684. The van der Waals surface area contributed by atoms with Gasteiger partial charge in [-0.3, -0.25) is 4.90 Å². The summed E-state index contributed by atoms with van der Waals surface area (Å²) in [4.78, 5) is 2.61. The van der Waals surface area contributed by atoms with Crippen LogP contribution in [0, 0.1) is 5.92 Å². The van der Waals surface area contributed by atoms with Crippen LogP contribution in [0.3, 0.4) is 0 Å². The number of benzene rings is 2. The molecule has 2 atom stereocenters. The maximum Gasteiger partial charge on any atom is 0.0234 e. The van der Waals surface area contributed by atoms with Gasteiger partial charge in [-0.15, -0.1) is 0 Å². The first-order valence-electron chi connectivity index (χ1n) is 7.62. The third-order valence-corrected chi connectivity index (χ3v) is 4.26. The van der Waals surface area contributed by atoms with Gasteiger partial charge in [-0.2, -0.15) is 0 Å². The van der Waals surface area contributed by atoms with Gasteiger partial charge in [-0.25, -0.2) is 0 Å². The van der Waals surface area contributed by atoms with Gasteiger partial charge in [0.1, 0.15) is 0 Å². The Morgan fingerprint density at radius 1 is 0.900 bits per heavy atom. The van der Waals surface area contributed by atoms with E-state index in [2.05, 4.69) is 72.5 Å². The van der Waals surface area contributed by atoms with E-state index >= 15 is 0 Å². The van der Waals surface area contributed by atoms with E-state index in [9.17, 15) is 0 Å². The van der Waals surface area contributed by atoms with Crippen LogP contribution in [-0.2, 0) is 6.54 Å². The van der Waals surface area contributed by atoms with Gasteiger partial charge in [0.25, 0.3) is 0 Å². The number of likely N-dealkylation sites (tertiary alicyclic amines) is 1. The van der Waals surface area contributed by atoms with Gasteiger partial charge >= 0.3 is 0 Å². The molecule has 0 spiro atoms. The van der Waals surface area contributed by atoms with Gasteiger partial charge in [0, 0.05) is 19.6 Å². The molecule has 0 saturated carbocycles. The van der Waals surface area contributed by atoms with Crippen molar-refractivity contribution in [1.29, 1.82) is 0 Å². The molecule has 104 valence electrons. The minimum absolute atomic E-state index is 0.684. The second-order valence-corrected chi connectivity index (χ2v) is 6.13.